The Morgan fingerprint density at radius 1 is 0.833 bits per heavy atom. The molecule has 0 spiro atoms. The monoisotopic (exact) mass is 441 g/mol. The Morgan fingerprint density at radius 2 is 1.47 bits per heavy atom. The number of hydrogen-bond donors (Lipinski definition) is 2. The molecular formula is C23H21Cl2N3O2. The summed E-state index contributed by atoms with van der Waals surface area (Å²) in [4.78, 5) is 26.5. The van der Waals surface area contributed by atoms with Gasteiger partial charge in [-0.2, -0.15) is 0 Å². The fourth-order valence-electron chi connectivity index (χ4n) is 2.90. The summed E-state index contributed by atoms with van der Waals surface area (Å²) in [6.07, 6.45) is 0. The van der Waals surface area contributed by atoms with Gasteiger partial charge in [-0.3, -0.25) is 14.5 Å². The summed E-state index contributed by atoms with van der Waals surface area (Å²) in [7, 11) is 1.84. The van der Waals surface area contributed by atoms with E-state index in [1.165, 1.54) is 0 Å². The average Bonchev–Trinajstić information content (AvgIpc) is 2.72. The van der Waals surface area contributed by atoms with E-state index < -0.39 is 0 Å². The number of anilines is 2. The molecule has 0 aromatic heterocycles. The van der Waals surface area contributed by atoms with Crippen LogP contribution in [0.3, 0.4) is 0 Å². The lowest BCUT2D eigenvalue weighted by Crippen LogP contribution is -2.30. The van der Waals surface area contributed by atoms with Crippen LogP contribution in [0.5, 0.6) is 0 Å². The number of hydrogen-bond acceptors (Lipinski definition) is 3. The van der Waals surface area contributed by atoms with E-state index in [0.717, 1.165) is 11.3 Å². The zero-order valence-electron chi connectivity index (χ0n) is 16.4. The van der Waals surface area contributed by atoms with Crippen LogP contribution in [0.25, 0.3) is 0 Å². The van der Waals surface area contributed by atoms with E-state index in [-0.39, 0.29) is 18.4 Å². The van der Waals surface area contributed by atoms with E-state index in [9.17, 15) is 9.59 Å². The number of carbonyl (C=O) groups is 2. The smallest absolute Gasteiger partial charge is 0.255 e. The van der Waals surface area contributed by atoms with E-state index in [1.54, 1.807) is 30.3 Å². The van der Waals surface area contributed by atoms with Gasteiger partial charge in [-0.1, -0.05) is 59.6 Å². The van der Waals surface area contributed by atoms with E-state index in [2.05, 4.69) is 10.6 Å². The van der Waals surface area contributed by atoms with Crippen molar-refractivity contribution < 1.29 is 9.59 Å². The predicted molar refractivity (Wildman–Crippen MR) is 122 cm³/mol. The lowest BCUT2D eigenvalue weighted by Gasteiger charge is -2.17. The van der Waals surface area contributed by atoms with Gasteiger partial charge in [0.25, 0.3) is 5.91 Å². The zero-order valence-corrected chi connectivity index (χ0v) is 17.9. The fraction of sp³-hybridized carbons (Fsp3) is 0.130. The molecule has 7 heteroatoms. The van der Waals surface area contributed by atoms with Crippen LogP contribution >= 0.6 is 23.2 Å². The third-order valence-electron chi connectivity index (χ3n) is 4.34. The van der Waals surface area contributed by atoms with Gasteiger partial charge in [0.15, 0.2) is 0 Å². The Kier molecular flexibility index (Phi) is 7.46. The van der Waals surface area contributed by atoms with Crippen molar-refractivity contribution in [3.63, 3.8) is 0 Å². The first-order valence-electron chi connectivity index (χ1n) is 9.30. The number of benzene rings is 3. The van der Waals surface area contributed by atoms with Gasteiger partial charge in [0, 0.05) is 17.8 Å². The molecule has 0 radical (unpaired) electrons. The van der Waals surface area contributed by atoms with Crippen LogP contribution in [0, 0.1) is 0 Å². The highest BCUT2D eigenvalue weighted by molar-refractivity contribution is 6.39. The van der Waals surface area contributed by atoms with Crippen LogP contribution in [0.2, 0.25) is 10.0 Å². The Morgan fingerprint density at radius 3 is 2.10 bits per heavy atom. The molecule has 0 aliphatic carbocycles. The number of likely N-dealkylation sites (N-methyl/N-ethyl adjacent to an activating group) is 1. The molecule has 0 bridgehead atoms. The number of carbonyl (C=O) groups excluding carboxylic acids is 2. The maximum Gasteiger partial charge on any atom is 0.255 e. The lowest BCUT2D eigenvalue weighted by molar-refractivity contribution is -0.117. The number of nitrogens with zero attached hydrogens (tertiary/aromatic N) is 1. The highest BCUT2D eigenvalue weighted by Crippen LogP contribution is 2.29. The van der Waals surface area contributed by atoms with E-state index in [4.69, 9.17) is 23.2 Å². The van der Waals surface area contributed by atoms with Crippen molar-refractivity contribution in [2.45, 2.75) is 6.54 Å². The Balaban J connectivity index is 1.53. The SMILES string of the molecule is CN(CC(=O)Nc1c(Cl)cccc1Cl)Cc1ccc(C(=O)Nc2ccccc2)cc1. The number of nitrogens with one attached hydrogen (secondary N) is 2. The molecule has 3 aromatic carbocycles. The fourth-order valence-corrected chi connectivity index (χ4v) is 3.39. The molecule has 0 fully saturated rings. The summed E-state index contributed by atoms with van der Waals surface area (Å²) < 4.78 is 0. The van der Waals surface area contributed by atoms with Crippen molar-refractivity contribution in [1.82, 2.24) is 4.90 Å². The number of amides is 2. The number of halogens is 2. The average molecular weight is 442 g/mol. The predicted octanol–water partition coefficient (Wildman–Crippen LogP) is 5.32. The molecule has 154 valence electrons. The van der Waals surface area contributed by atoms with Crippen molar-refractivity contribution in [2.75, 3.05) is 24.2 Å². The van der Waals surface area contributed by atoms with Gasteiger partial charge < -0.3 is 10.6 Å². The van der Waals surface area contributed by atoms with Gasteiger partial charge in [0.2, 0.25) is 5.91 Å². The van der Waals surface area contributed by atoms with Crippen LogP contribution in [-0.2, 0) is 11.3 Å². The molecule has 5 nitrogen and oxygen atoms in total. The highest BCUT2D eigenvalue weighted by Gasteiger charge is 2.12. The van der Waals surface area contributed by atoms with Crippen LogP contribution < -0.4 is 10.6 Å². The quantitative estimate of drug-likeness (QED) is 0.521. The third-order valence-corrected chi connectivity index (χ3v) is 4.97. The van der Waals surface area contributed by atoms with Crippen LogP contribution in [-0.4, -0.2) is 30.3 Å². The standard InChI is InChI=1S/C23H21Cl2N3O2/c1-28(15-21(29)27-22-19(24)8-5-9-20(22)25)14-16-10-12-17(13-11-16)23(30)26-18-6-3-2-4-7-18/h2-13H,14-15H2,1H3,(H,26,30)(H,27,29). The van der Waals surface area contributed by atoms with E-state index in [1.807, 2.05) is 54.4 Å². The molecule has 0 heterocycles. The number of para-hydroxylation sites is 2. The van der Waals surface area contributed by atoms with Crippen molar-refractivity contribution in [3.8, 4) is 0 Å². The van der Waals surface area contributed by atoms with Crippen LogP contribution in [0.15, 0.2) is 72.8 Å². The topological polar surface area (TPSA) is 61.4 Å². The summed E-state index contributed by atoms with van der Waals surface area (Å²) in [5.41, 5.74) is 2.71. The second-order valence-corrected chi connectivity index (χ2v) is 7.65. The molecule has 2 amide bonds. The van der Waals surface area contributed by atoms with Crippen molar-refractivity contribution in [2.24, 2.45) is 0 Å². The highest BCUT2D eigenvalue weighted by atomic mass is 35.5. The Labute approximate surface area is 185 Å². The molecular weight excluding hydrogens is 421 g/mol. The number of rotatable bonds is 7. The molecule has 2 N–H and O–H groups in total. The zero-order chi connectivity index (χ0) is 21.5. The maximum atomic E-state index is 12.3. The molecule has 3 rings (SSSR count). The van der Waals surface area contributed by atoms with Crippen molar-refractivity contribution in [1.29, 1.82) is 0 Å². The summed E-state index contributed by atoms with van der Waals surface area (Å²) >= 11 is 12.2. The van der Waals surface area contributed by atoms with E-state index in [0.29, 0.717) is 27.8 Å². The molecule has 0 aliphatic heterocycles. The minimum Gasteiger partial charge on any atom is -0.322 e. The third kappa shape index (κ3) is 6.07. The second kappa shape index (κ2) is 10.3. The minimum absolute atomic E-state index is 0.164. The van der Waals surface area contributed by atoms with Crippen molar-refractivity contribution >= 4 is 46.4 Å². The minimum atomic E-state index is -0.216. The molecule has 30 heavy (non-hydrogen) atoms. The molecule has 0 aliphatic rings. The lowest BCUT2D eigenvalue weighted by atomic mass is 10.1. The molecule has 0 saturated heterocycles. The second-order valence-electron chi connectivity index (χ2n) is 6.83. The summed E-state index contributed by atoms with van der Waals surface area (Å²) in [5.74, 6) is -0.386. The van der Waals surface area contributed by atoms with Gasteiger partial charge in [-0.15, -0.1) is 0 Å². The van der Waals surface area contributed by atoms with Gasteiger partial charge in [0.05, 0.1) is 22.3 Å². The molecule has 0 atom stereocenters. The summed E-state index contributed by atoms with van der Waals surface area (Å²) in [6, 6.07) is 21.6. The first-order valence-corrected chi connectivity index (χ1v) is 10.1. The van der Waals surface area contributed by atoms with E-state index >= 15 is 0 Å². The normalized spacial score (nSPS) is 10.7. The molecule has 3 aromatic rings. The molecule has 0 unspecified atom stereocenters. The first-order chi connectivity index (χ1) is 14.4. The maximum absolute atomic E-state index is 12.3. The Bertz CT molecular complexity index is 1000. The summed E-state index contributed by atoms with van der Waals surface area (Å²) in [6.45, 7) is 0.710. The largest absolute Gasteiger partial charge is 0.322 e. The molecule has 0 saturated carbocycles. The Hall–Kier alpha value is -2.86. The van der Waals surface area contributed by atoms with Crippen LogP contribution in [0.1, 0.15) is 15.9 Å². The first kappa shape index (κ1) is 21.8. The van der Waals surface area contributed by atoms with Gasteiger partial charge in [-0.25, -0.2) is 0 Å². The van der Waals surface area contributed by atoms with Gasteiger partial charge in [0.1, 0.15) is 0 Å². The van der Waals surface area contributed by atoms with Gasteiger partial charge >= 0.3 is 0 Å². The summed E-state index contributed by atoms with van der Waals surface area (Å²) in [5, 5.41) is 6.38. The van der Waals surface area contributed by atoms with Gasteiger partial charge in [-0.05, 0) is 49.0 Å². The van der Waals surface area contributed by atoms with Crippen molar-refractivity contribution in [3.05, 3.63) is 94.0 Å². The van der Waals surface area contributed by atoms with Crippen LogP contribution in [0.4, 0.5) is 11.4 Å².